The summed E-state index contributed by atoms with van der Waals surface area (Å²) < 4.78 is 19.7. The highest BCUT2D eigenvalue weighted by Gasteiger charge is 2.46. The molecule has 0 spiro atoms. The van der Waals surface area contributed by atoms with Gasteiger partial charge in [0.15, 0.2) is 0 Å². The zero-order valence-corrected chi connectivity index (χ0v) is 59.6. The van der Waals surface area contributed by atoms with Crippen molar-refractivity contribution in [2.24, 2.45) is 40.2 Å². The summed E-state index contributed by atoms with van der Waals surface area (Å²) in [7, 11) is 1.76. The molecule has 2 aromatic heterocycles. The number of ketones is 1. The fourth-order valence-electron chi connectivity index (χ4n) is 16.5. The minimum atomic E-state index is -0.306. The van der Waals surface area contributed by atoms with Crippen LogP contribution in [0.5, 0.6) is 0 Å². The van der Waals surface area contributed by atoms with E-state index in [0.29, 0.717) is 35.6 Å². The first-order valence-corrected chi connectivity index (χ1v) is 35.9. The van der Waals surface area contributed by atoms with Gasteiger partial charge in [-0.1, -0.05) is 88.2 Å². The number of anilines is 1. The van der Waals surface area contributed by atoms with Crippen molar-refractivity contribution in [3.05, 3.63) is 60.1 Å². The summed E-state index contributed by atoms with van der Waals surface area (Å²) >= 11 is 0. The molecule has 7 atom stereocenters. The highest BCUT2D eigenvalue weighted by molar-refractivity contribution is 5.95. The molecule has 0 amide bonds. The molecule has 0 radical (unpaired) electrons. The van der Waals surface area contributed by atoms with Gasteiger partial charge in [-0.3, -0.25) is 24.5 Å². The van der Waals surface area contributed by atoms with E-state index in [0.717, 1.165) is 140 Å². The Balaban J connectivity index is 0.000000240. The number of carbonyl (C=O) groups excluding carboxylic acids is 2. The first-order chi connectivity index (χ1) is 42.5. The van der Waals surface area contributed by atoms with Crippen molar-refractivity contribution < 1.29 is 23.8 Å². The third-order valence-electron chi connectivity index (χ3n) is 22.3. The van der Waals surface area contributed by atoms with Crippen LogP contribution >= 0.6 is 0 Å². The summed E-state index contributed by atoms with van der Waals surface area (Å²) in [5.41, 5.74) is 15.2. The number of nitrogens with one attached hydrogen (secondary N) is 1. The number of methoxy groups -OCH3 is 1. The van der Waals surface area contributed by atoms with Gasteiger partial charge in [0.1, 0.15) is 12.1 Å². The van der Waals surface area contributed by atoms with E-state index in [1.54, 1.807) is 20.2 Å². The second kappa shape index (κ2) is 35.0. The van der Waals surface area contributed by atoms with Gasteiger partial charge in [-0.05, 0) is 234 Å². The Morgan fingerprint density at radius 2 is 1.65 bits per heavy atom. The van der Waals surface area contributed by atoms with Gasteiger partial charge in [0.25, 0.3) is 0 Å². The Labute approximate surface area is 543 Å². The molecule has 3 N–H and O–H groups in total. The number of morpholine rings is 2. The van der Waals surface area contributed by atoms with Gasteiger partial charge in [-0.25, -0.2) is 0 Å². The lowest BCUT2D eigenvalue weighted by Crippen LogP contribution is -2.57. The normalized spacial score (nSPS) is 23.6. The number of aldehydes is 1. The SMILES string of the molecule is C=CNC(C)(N)CCCC(CC1CC(CC)(CC)C1)C(C)C.CCC(CC)N1CCCC(C)C(C(C)=O)N2CCCC2(C)C1.CCn1c(-c2cc(CCCN3CCOCC3C)cnc2C(C)OC)c(CC(C)(C)CCC=O)c2cc(N3CCOCC3)ccc21. The van der Waals surface area contributed by atoms with E-state index in [4.69, 9.17) is 24.9 Å². The predicted octanol–water partition coefficient (Wildman–Crippen LogP) is 15.6. The number of benzene rings is 1. The zero-order chi connectivity index (χ0) is 65.1. The Hall–Kier alpha value is -3.69. The minimum absolute atomic E-state index is 0.0512. The predicted molar refractivity (Wildman–Crippen MR) is 374 cm³/mol. The van der Waals surface area contributed by atoms with Crippen molar-refractivity contribution in [2.45, 2.75) is 268 Å². The molecule has 6 heterocycles. The van der Waals surface area contributed by atoms with Crippen LogP contribution in [0.3, 0.4) is 0 Å². The summed E-state index contributed by atoms with van der Waals surface area (Å²) in [6, 6.07) is 10.6. The lowest BCUT2D eigenvalue weighted by Gasteiger charge is -2.49. The average molecular weight is 1240 g/mol. The van der Waals surface area contributed by atoms with Crippen LogP contribution in [0.2, 0.25) is 0 Å². The highest BCUT2D eigenvalue weighted by atomic mass is 16.5. The van der Waals surface area contributed by atoms with Gasteiger partial charge in [-0.15, -0.1) is 0 Å². The summed E-state index contributed by atoms with van der Waals surface area (Å²) in [5.74, 6) is 3.47. The van der Waals surface area contributed by atoms with Crippen molar-refractivity contribution in [3.63, 3.8) is 0 Å². The maximum Gasteiger partial charge on any atom is 0.147 e. The number of pyridine rings is 1. The van der Waals surface area contributed by atoms with Crippen LogP contribution in [-0.2, 0) is 43.2 Å². The second-order valence-electron chi connectivity index (χ2n) is 29.9. The van der Waals surface area contributed by atoms with Crippen LogP contribution in [0.4, 0.5) is 5.69 Å². The molecule has 1 saturated carbocycles. The molecular weight excluding hydrogens is 1100 g/mol. The van der Waals surface area contributed by atoms with Crippen LogP contribution < -0.4 is 16.0 Å². The molecule has 89 heavy (non-hydrogen) atoms. The Kier molecular flexibility index (Phi) is 29.2. The maximum atomic E-state index is 12.3. The lowest BCUT2D eigenvalue weighted by molar-refractivity contribution is -0.126. The molecule has 13 heteroatoms. The third-order valence-corrected chi connectivity index (χ3v) is 22.3. The summed E-state index contributed by atoms with van der Waals surface area (Å²) in [4.78, 5) is 39.1. The zero-order valence-electron chi connectivity index (χ0n) is 59.6. The van der Waals surface area contributed by atoms with Crippen molar-refractivity contribution in [3.8, 4) is 11.3 Å². The molecule has 7 unspecified atom stereocenters. The highest BCUT2D eigenvalue weighted by Crippen LogP contribution is 2.53. The number of hydrogen-bond acceptors (Lipinski definition) is 12. The van der Waals surface area contributed by atoms with Gasteiger partial charge in [0, 0.05) is 92.2 Å². The Bertz CT molecular complexity index is 2610. The quantitative estimate of drug-likeness (QED) is 0.0507. The number of carbonyl (C=O) groups is 2. The second-order valence-corrected chi connectivity index (χ2v) is 29.9. The van der Waals surface area contributed by atoms with Crippen LogP contribution in [0.25, 0.3) is 22.2 Å². The molecule has 4 aliphatic heterocycles. The number of nitrogens with zero attached hydrogens (tertiary/aromatic N) is 6. The largest absolute Gasteiger partial charge is 0.379 e. The monoisotopic (exact) mass is 1240 g/mol. The van der Waals surface area contributed by atoms with Gasteiger partial charge in [0.2, 0.25) is 0 Å². The Morgan fingerprint density at radius 3 is 2.27 bits per heavy atom. The molecule has 1 aromatic carbocycles. The molecule has 5 fully saturated rings. The number of Topliss-reactive ketones (excluding diaryl/α,β-unsaturated/α-hetero) is 1. The van der Waals surface area contributed by atoms with Gasteiger partial charge >= 0.3 is 0 Å². The van der Waals surface area contributed by atoms with Crippen LogP contribution in [0.1, 0.15) is 236 Å². The minimum Gasteiger partial charge on any atom is -0.379 e. The van der Waals surface area contributed by atoms with Crippen molar-refractivity contribution in [2.75, 3.05) is 84.3 Å². The smallest absolute Gasteiger partial charge is 0.147 e. The molecule has 13 nitrogen and oxygen atoms in total. The fourth-order valence-corrected chi connectivity index (χ4v) is 16.5. The molecule has 3 aromatic rings. The number of hydrogen-bond donors (Lipinski definition) is 2. The Morgan fingerprint density at radius 1 is 0.944 bits per heavy atom. The van der Waals surface area contributed by atoms with Gasteiger partial charge in [0.05, 0.1) is 55.6 Å². The first-order valence-electron chi connectivity index (χ1n) is 35.9. The summed E-state index contributed by atoms with van der Waals surface area (Å²) in [6.45, 7) is 48.9. The van der Waals surface area contributed by atoms with Crippen molar-refractivity contribution in [1.82, 2.24) is 29.6 Å². The summed E-state index contributed by atoms with van der Waals surface area (Å²) in [5, 5.41) is 4.45. The standard InChI is InChI=1S/C37H54N4O4.C20H40N2.C19H36N2O/c1-7-41-34-12-11-30(40-16-19-44-20-17-40)23-31(34)33(24-37(4,5)13-9-18-42)36(41)32-22-29(25-38-35(32)28(3)43-6)10-8-14-39-15-21-45-26-27(39)2;1-7-20(8-2)14-17(15-20)13-18(16(4)5)11-10-12-19(6,21)22-9-3;1-6-17(7-2)20-12-8-10-15(3)18(16(4)22)21-13-9-11-19(21,5)14-20/h11-12,18,22-23,25,27-28H,7-10,13-17,19-21,24,26H2,1-6H3;9,16-18,22H,3,7-8,10-15,21H2,1-2,4-6H3;15,17-18H,6-14H2,1-5H3. The van der Waals surface area contributed by atoms with E-state index in [1.165, 1.54) is 123 Å². The molecule has 1 aliphatic carbocycles. The van der Waals surface area contributed by atoms with Gasteiger partial charge in [-0.2, -0.15) is 0 Å². The number of rotatable bonds is 29. The topological polar surface area (TPSA) is 131 Å². The number of ether oxygens (including phenoxy) is 3. The fraction of sp³-hybridized carbons (Fsp3) is 0.776. The number of aromatic nitrogens is 2. The van der Waals surface area contributed by atoms with Crippen LogP contribution in [-0.4, -0.2) is 145 Å². The summed E-state index contributed by atoms with van der Waals surface area (Å²) in [6.07, 6.45) is 27.0. The third kappa shape index (κ3) is 20.2. The number of aryl methyl sites for hydroxylation is 2. The van der Waals surface area contributed by atoms with Crippen LogP contribution in [0, 0.1) is 34.5 Å². The van der Waals surface area contributed by atoms with E-state index in [1.807, 2.05) is 0 Å². The first kappa shape index (κ1) is 74.4. The van der Waals surface area contributed by atoms with E-state index in [9.17, 15) is 9.59 Å². The molecule has 5 aliphatic rings. The van der Waals surface area contributed by atoms with E-state index >= 15 is 0 Å². The number of fused-ring (bicyclic) bond motifs is 2. The molecule has 504 valence electrons. The molecular formula is C76H130N8O5. The van der Waals surface area contributed by atoms with Crippen LogP contribution in [0.15, 0.2) is 43.2 Å². The molecule has 8 rings (SSSR count). The molecule has 4 saturated heterocycles. The lowest BCUT2D eigenvalue weighted by atomic mass is 9.57. The molecule has 0 bridgehead atoms. The average Bonchev–Trinajstić information content (AvgIpc) is 1.64. The van der Waals surface area contributed by atoms with Crippen molar-refractivity contribution >= 4 is 28.7 Å². The number of nitrogens with two attached hydrogens (primary N) is 1. The van der Waals surface area contributed by atoms with E-state index < -0.39 is 0 Å². The van der Waals surface area contributed by atoms with Crippen molar-refractivity contribution in [1.29, 1.82) is 0 Å². The maximum absolute atomic E-state index is 12.3. The van der Waals surface area contributed by atoms with E-state index in [2.05, 4.69) is 163 Å². The van der Waals surface area contributed by atoms with Gasteiger partial charge < -0.3 is 39.5 Å². The van der Waals surface area contributed by atoms with E-state index in [-0.39, 0.29) is 28.8 Å².